The van der Waals surface area contributed by atoms with Crippen LogP contribution in [0.25, 0.3) is 0 Å². The molecule has 1 fully saturated rings. The average Bonchev–Trinajstić information content (AvgIpc) is 2.77. The zero-order valence-corrected chi connectivity index (χ0v) is 12.3. The molecule has 0 aromatic rings. The van der Waals surface area contributed by atoms with Crippen LogP contribution in [0.1, 0.15) is 59.3 Å². The van der Waals surface area contributed by atoms with Crippen LogP contribution >= 0.6 is 11.8 Å². The summed E-state index contributed by atoms with van der Waals surface area (Å²) in [6.07, 6.45) is 7.86. The van der Waals surface area contributed by atoms with Gasteiger partial charge in [0.05, 0.1) is 0 Å². The molecule has 1 heterocycles. The molecule has 2 aliphatic rings. The number of hydrogen-bond acceptors (Lipinski definition) is 3. The first-order valence-corrected chi connectivity index (χ1v) is 8.05. The molecule has 1 N–H and O–H groups in total. The minimum atomic E-state index is 0.324. The summed E-state index contributed by atoms with van der Waals surface area (Å²) in [7, 11) is 0. The second-order valence-electron chi connectivity index (χ2n) is 6.01. The topological polar surface area (TPSA) is 24.4 Å². The number of nitrogens with zero attached hydrogens (tertiary/aromatic N) is 1. The average molecular weight is 254 g/mol. The maximum atomic E-state index is 4.80. The fraction of sp³-hybridized carbons (Fsp3) is 0.929. The molecule has 1 aliphatic carbocycles. The second-order valence-corrected chi connectivity index (χ2v) is 6.97. The summed E-state index contributed by atoms with van der Waals surface area (Å²) in [5, 5.41) is 4.89. The van der Waals surface area contributed by atoms with Crippen molar-refractivity contribution in [3.8, 4) is 0 Å². The molecule has 0 amide bonds. The lowest BCUT2D eigenvalue weighted by Crippen LogP contribution is -2.45. The number of rotatable bonds is 3. The molecule has 98 valence electrons. The predicted molar refractivity (Wildman–Crippen MR) is 77.8 cm³/mol. The Morgan fingerprint density at radius 3 is 2.35 bits per heavy atom. The molecule has 0 radical (unpaired) electrons. The van der Waals surface area contributed by atoms with E-state index in [1.165, 1.54) is 49.4 Å². The van der Waals surface area contributed by atoms with Crippen LogP contribution in [0.15, 0.2) is 4.99 Å². The molecular weight excluding hydrogens is 228 g/mol. The molecule has 0 saturated heterocycles. The first-order chi connectivity index (χ1) is 8.11. The van der Waals surface area contributed by atoms with E-state index in [0.29, 0.717) is 11.0 Å². The molecule has 17 heavy (non-hydrogen) atoms. The largest absolute Gasteiger partial charge is 0.360 e. The molecule has 0 atom stereocenters. The van der Waals surface area contributed by atoms with Gasteiger partial charge in [-0.15, -0.1) is 0 Å². The Kier molecular flexibility index (Phi) is 4.06. The first kappa shape index (κ1) is 13.3. The molecule has 0 bridgehead atoms. The number of amidine groups is 1. The van der Waals surface area contributed by atoms with Gasteiger partial charge in [0.2, 0.25) is 0 Å². The highest BCUT2D eigenvalue weighted by atomic mass is 32.2. The standard InChI is InChI=1S/C14H26N2S/c1-4-14(5-2)10-15-12(17-11-14)16-13(3)8-6-7-9-13/h4-11H2,1-3H3,(H,15,16). The summed E-state index contributed by atoms with van der Waals surface area (Å²) in [5.41, 5.74) is 0.788. The lowest BCUT2D eigenvalue weighted by atomic mass is 9.84. The highest BCUT2D eigenvalue weighted by molar-refractivity contribution is 8.13. The molecule has 0 unspecified atom stereocenters. The van der Waals surface area contributed by atoms with Gasteiger partial charge in [-0.25, -0.2) is 0 Å². The molecule has 2 nitrogen and oxygen atoms in total. The van der Waals surface area contributed by atoms with E-state index < -0.39 is 0 Å². The summed E-state index contributed by atoms with van der Waals surface area (Å²) < 4.78 is 0. The monoisotopic (exact) mass is 254 g/mol. The van der Waals surface area contributed by atoms with Crippen molar-refractivity contribution in [1.82, 2.24) is 5.32 Å². The Balaban J connectivity index is 1.94. The van der Waals surface area contributed by atoms with Gasteiger partial charge in [0.15, 0.2) is 5.17 Å². The summed E-state index contributed by atoms with van der Waals surface area (Å²) in [4.78, 5) is 4.80. The van der Waals surface area contributed by atoms with Crippen molar-refractivity contribution >= 4 is 16.9 Å². The molecular formula is C14H26N2S. The molecule has 2 rings (SSSR count). The minimum Gasteiger partial charge on any atom is -0.360 e. The van der Waals surface area contributed by atoms with Crippen molar-refractivity contribution in [3.63, 3.8) is 0 Å². The van der Waals surface area contributed by atoms with E-state index in [4.69, 9.17) is 4.99 Å². The van der Waals surface area contributed by atoms with E-state index in [9.17, 15) is 0 Å². The zero-order chi connectivity index (χ0) is 12.4. The molecule has 3 heteroatoms. The Labute approximate surface area is 110 Å². The van der Waals surface area contributed by atoms with Gasteiger partial charge >= 0.3 is 0 Å². The summed E-state index contributed by atoms with van der Waals surface area (Å²) in [5.74, 6) is 1.24. The third-order valence-electron chi connectivity index (χ3n) is 4.69. The smallest absolute Gasteiger partial charge is 0.157 e. The number of thioether (sulfide) groups is 1. The van der Waals surface area contributed by atoms with Crippen LogP contribution in [-0.2, 0) is 0 Å². The van der Waals surface area contributed by atoms with Crippen molar-refractivity contribution in [2.24, 2.45) is 10.4 Å². The summed E-state index contributed by atoms with van der Waals surface area (Å²) in [6, 6.07) is 0. The maximum absolute atomic E-state index is 4.80. The first-order valence-electron chi connectivity index (χ1n) is 7.07. The van der Waals surface area contributed by atoms with Crippen LogP contribution in [0.3, 0.4) is 0 Å². The van der Waals surface area contributed by atoms with E-state index in [1.807, 2.05) is 11.8 Å². The van der Waals surface area contributed by atoms with Crippen molar-refractivity contribution in [2.45, 2.75) is 64.8 Å². The second kappa shape index (κ2) is 5.21. The Morgan fingerprint density at radius 2 is 1.88 bits per heavy atom. The van der Waals surface area contributed by atoms with E-state index >= 15 is 0 Å². The normalized spacial score (nSPS) is 26.6. The molecule has 0 aromatic heterocycles. The molecule has 0 spiro atoms. The highest BCUT2D eigenvalue weighted by Gasteiger charge is 2.34. The van der Waals surface area contributed by atoms with E-state index in [1.54, 1.807) is 0 Å². The lowest BCUT2D eigenvalue weighted by molar-refractivity contribution is 0.317. The van der Waals surface area contributed by atoms with E-state index in [2.05, 4.69) is 26.1 Å². The Hall–Kier alpha value is -0.180. The number of aliphatic imine (C=N–C) groups is 1. The SMILES string of the molecule is CCC1(CC)CN=C(NC2(C)CCCC2)SC1. The van der Waals surface area contributed by atoms with Crippen LogP contribution in [0.4, 0.5) is 0 Å². The van der Waals surface area contributed by atoms with Crippen LogP contribution in [0, 0.1) is 5.41 Å². The van der Waals surface area contributed by atoms with E-state index in [-0.39, 0.29) is 0 Å². The van der Waals surface area contributed by atoms with Gasteiger partial charge in [-0.3, -0.25) is 4.99 Å². The molecule has 1 aliphatic heterocycles. The van der Waals surface area contributed by atoms with Gasteiger partial charge in [0.25, 0.3) is 0 Å². The fourth-order valence-electron chi connectivity index (χ4n) is 2.84. The van der Waals surface area contributed by atoms with Gasteiger partial charge in [0.1, 0.15) is 0 Å². The van der Waals surface area contributed by atoms with E-state index in [0.717, 1.165) is 6.54 Å². The Morgan fingerprint density at radius 1 is 1.24 bits per heavy atom. The Bertz CT molecular complexity index is 289. The van der Waals surface area contributed by atoms with Crippen molar-refractivity contribution < 1.29 is 0 Å². The van der Waals surface area contributed by atoms with Crippen molar-refractivity contribution in [1.29, 1.82) is 0 Å². The van der Waals surface area contributed by atoms with Crippen molar-refractivity contribution in [3.05, 3.63) is 0 Å². The van der Waals surface area contributed by atoms with Gasteiger partial charge < -0.3 is 5.32 Å². The summed E-state index contributed by atoms with van der Waals surface area (Å²) >= 11 is 1.94. The summed E-state index contributed by atoms with van der Waals surface area (Å²) in [6.45, 7) is 7.97. The van der Waals surface area contributed by atoms with Gasteiger partial charge in [-0.2, -0.15) is 0 Å². The molecule has 1 saturated carbocycles. The van der Waals surface area contributed by atoms with Crippen LogP contribution in [-0.4, -0.2) is 23.0 Å². The minimum absolute atomic E-state index is 0.324. The lowest BCUT2D eigenvalue weighted by Gasteiger charge is -2.36. The third kappa shape index (κ3) is 2.98. The zero-order valence-electron chi connectivity index (χ0n) is 11.5. The quantitative estimate of drug-likeness (QED) is 0.828. The van der Waals surface area contributed by atoms with Crippen molar-refractivity contribution in [2.75, 3.05) is 12.3 Å². The predicted octanol–water partition coefficient (Wildman–Crippen LogP) is 3.82. The highest BCUT2D eigenvalue weighted by Crippen LogP contribution is 2.36. The number of nitrogens with one attached hydrogen (secondary N) is 1. The molecule has 0 aromatic carbocycles. The van der Waals surface area contributed by atoms with Gasteiger partial charge in [-0.1, -0.05) is 38.5 Å². The van der Waals surface area contributed by atoms with Crippen LogP contribution < -0.4 is 5.32 Å². The number of hydrogen-bond donors (Lipinski definition) is 1. The fourth-order valence-corrected chi connectivity index (χ4v) is 4.26. The third-order valence-corrected chi connectivity index (χ3v) is 5.95. The van der Waals surface area contributed by atoms with Crippen LogP contribution in [0.5, 0.6) is 0 Å². The van der Waals surface area contributed by atoms with Gasteiger partial charge in [-0.05, 0) is 38.0 Å². The maximum Gasteiger partial charge on any atom is 0.157 e. The van der Waals surface area contributed by atoms with Gasteiger partial charge in [0, 0.05) is 17.8 Å². The van der Waals surface area contributed by atoms with Crippen LogP contribution in [0.2, 0.25) is 0 Å².